The second-order valence-electron chi connectivity index (χ2n) is 2.90. The minimum Gasteiger partial charge on any atom is -0.297 e. The van der Waals surface area contributed by atoms with E-state index in [0.29, 0.717) is 0 Å². The summed E-state index contributed by atoms with van der Waals surface area (Å²) in [7, 11) is -3.57. The van der Waals surface area contributed by atoms with Crippen LogP contribution >= 0.6 is 0 Å². The van der Waals surface area contributed by atoms with E-state index in [0.717, 1.165) is 6.26 Å². The van der Waals surface area contributed by atoms with E-state index >= 15 is 0 Å². The van der Waals surface area contributed by atoms with Crippen molar-refractivity contribution >= 4 is 15.6 Å². The predicted molar refractivity (Wildman–Crippen MR) is 44.1 cm³/mol. The molecule has 0 spiro atoms. The first kappa shape index (κ1) is 11.1. The number of sulfone groups is 1. The Morgan fingerprint density at radius 1 is 1.42 bits per heavy atom. The minimum atomic E-state index is -3.57. The van der Waals surface area contributed by atoms with Gasteiger partial charge in [0.25, 0.3) is 0 Å². The maximum Gasteiger partial charge on any atom is 0.205 e. The molecule has 1 atom stereocenters. The van der Waals surface area contributed by atoms with Crippen molar-refractivity contribution in [1.82, 2.24) is 0 Å². The van der Waals surface area contributed by atoms with Crippen LogP contribution in [-0.2, 0) is 14.6 Å². The van der Waals surface area contributed by atoms with E-state index in [1.807, 2.05) is 0 Å². The zero-order valence-corrected chi connectivity index (χ0v) is 8.05. The molecule has 0 aliphatic carbocycles. The lowest BCUT2D eigenvalue weighted by atomic mass is 10.1. The van der Waals surface area contributed by atoms with Crippen LogP contribution < -0.4 is 0 Å². The molecule has 0 fully saturated rings. The zero-order chi connectivity index (χ0) is 9.94. The van der Waals surface area contributed by atoms with E-state index < -0.39 is 26.8 Å². The first-order chi connectivity index (χ1) is 5.30. The number of hydrogen-bond donors (Lipinski definition) is 0. The number of nitriles is 1. The minimum absolute atomic E-state index is 0.427. The lowest BCUT2D eigenvalue weighted by Crippen LogP contribution is -2.31. The summed E-state index contributed by atoms with van der Waals surface area (Å²) in [6, 6.07) is 1.49. The van der Waals surface area contributed by atoms with Crippen LogP contribution in [0.25, 0.3) is 0 Å². The number of rotatable bonds is 3. The molecule has 0 N–H and O–H groups in total. The third kappa shape index (κ3) is 2.62. The standard InChI is InChI=1S/C7H11NO3S/c1-5(2)7(9)6(4-8)12(3,10)11/h5-6H,1-3H3. The molecule has 12 heavy (non-hydrogen) atoms. The lowest BCUT2D eigenvalue weighted by molar-refractivity contribution is -0.120. The Kier molecular flexibility index (Phi) is 3.40. The van der Waals surface area contributed by atoms with Gasteiger partial charge in [0.15, 0.2) is 15.6 Å². The van der Waals surface area contributed by atoms with Crippen molar-refractivity contribution in [3.05, 3.63) is 0 Å². The van der Waals surface area contributed by atoms with E-state index in [2.05, 4.69) is 0 Å². The monoisotopic (exact) mass is 189 g/mol. The van der Waals surface area contributed by atoms with Gasteiger partial charge in [-0.2, -0.15) is 5.26 Å². The molecule has 68 valence electrons. The van der Waals surface area contributed by atoms with E-state index in [9.17, 15) is 13.2 Å². The maximum absolute atomic E-state index is 11.1. The van der Waals surface area contributed by atoms with Crippen LogP contribution in [0, 0.1) is 17.2 Å². The summed E-state index contributed by atoms with van der Waals surface area (Å²) < 4.78 is 21.7. The Morgan fingerprint density at radius 3 is 1.92 bits per heavy atom. The summed E-state index contributed by atoms with van der Waals surface area (Å²) in [5.41, 5.74) is 0. The summed E-state index contributed by atoms with van der Waals surface area (Å²) in [6.45, 7) is 3.13. The first-order valence-corrected chi connectivity index (χ1v) is 5.38. The fraction of sp³-hybridized carbons (Fsp3) is 0.714. The molecule has 0 amide bonds. The van der Waals surface area contributed by atoms with Crippen molar-refractivity contribution in [2.75, 3.05) is 6.26 Å². The van der Waals surface area contributed by atoms with Crippen molar-refractivity contribution in [3.63, 3.8) is 0 Å². The lowest BCUT2D eigenvalue weighted by Gasteiger charge is -2.07. The Balaban J connectivity index is 4.88. The van der Waals surface area contributed by atoms with Gasteiger partial charge in [-0.1, -0.05) is 13.8 Å². The third-order valence-corrected chi connectivity index (χ3v) is 2.57. The molecule has 0 aliphatic rings. The number of hydrogen-bond acceptors (Lipinski definition) is 4. The van der Waals surface area contributed by atoms with Gasteiger partial charge in [-0.25, -0.2) is 8.42 Å². The zero-order valence-electron chi connectivity index (χ0n) is 7.23. The molecule has 1 unspecified atom stereocenters. The molecule has 0 saturated carbocycles. The van der Waals surface area contributed by atoms with Crippen molar-refractivity contribution in [1.29, 1.82) is 5.26 Å². The van der Waals surface area contributed by atoms with Crippen molar-refractivity contribution in [2.45, 2.75) is 19.1 Å². The molecule has 0 radical (unpaired) electrons. The van der Waals surface area contributed by atoms with Crippen LogP contribution in [0.15, 0.2) is 0 Å². The summed E-state index contributed by atoms with van der Waals surface area (Å²) >= 11 is 0. The molecule has 0 rings (SSSR count). The van der Waals surface area contributed by atoms with Crippen LogP contribution in [0.1, 0.15) is 13.8 Å². The third-order valence-electron chi connectivity index (χ3n) is 1.37. The number of carbonyl (C=O) groups is 1. The van der Waals surface area contributed by atoms with Crippen molar-refractivity contribution in [3.8, 4) is 6.07 Å². The fourth-order valence-electron chi connectivity index (χ4n) is 0.673. The van der Waals surface area contributed by atoms with Gasteiger partial charge in [0.1, 0.15) is 0 Å². The first-order valence-electron chi connectivity index (χ1n) is 3.43. The number of ketones is 1. The highest BCUT2D eigenvalue weighted by molar-refractivity contribution is 7.92. The molecule has 0 bridgehead atoms. The SMILES string of the molecule is CC(C)C(=O)C(C#N)S(C)(=O)=O. The number of Topliss-reactive ketones (excluding diaryl/α,β-unsaturated/α-hetero) is 1. The normalized spacial score (nSPS) is 13.9. The average Bonchev–Trinajstić information content (AvgIpc) is 1.85. The largest absolute Gasteiger partial charge is 0.297 e. The molecular formula is C7H11NO3S. The number of nitrogens with zero attached hydrogens (tertiary/aromatic N) is 1. The highest BCUT2D eigenvalue weighted by Gasteiger charge is 2.29. The highest BCUT2D eigenvalue weighted by Crippen LogP contribution is 2.06. The van der Waals surface area contributed by atoms with Crippen LogP contribution in [0.4, 0.5) is 0 Å². The van der Waals surface area contributed by atoms with Gasteiger partial charge in [-0.15, -0.1) is 0 Å². The predicted octanol–water partition coefficient (Wildman–Crippen LogP) is 0.148. The molecule has 0 heterocycles. The topological polar surface area (TPSA) is 75.0 Å². The fourth-order valence-corrected chi connectivity index (χ4v) is 1.56. The highest BCUT2D eigenvalue weighted by atomic mass is 32.2. The molecular weight excluding hydrogens is 178 g/mol. The van der Waals surface area contributed by atoms with E-state index in [1.54, 1.807) is 13.8 Å². The summed E-state index contributed by atoms with van der Waals surface area (Å²) in [5, 5.41) is 6.93. The molecule has 0 aromatic rings. The van der Waals surface area contributed by atoms with Gasteiger partial charge in [-0.05, 0) is 0 Å². The molecule has 4 nitrogen and oxygen atoms in total. The second-order valence-corrected chi connectivity index (χ2v) is 5.03. The molecule has 0 saturated heterocycles. The van der Waals surface area contributed by atoms with Gasteiger partial charge in [-0.3, -0.25) is 4.79 Å². The van der Waals surface area contributed by atoms with Gasteiger partial charge in [0.05, 0.1) is 6.07 Å². The summed E-state index contributed by atoms with van der Waals surface area (Å²) in [6.07, 6.45) is 0.890. The van der Waals surface area contributed by atoms with Gasteiger partial charge >= 0.3 is 0 Å². The Hall–Kier alpha value is -0.890. The summed E-state index contributed by atoms with van der Waals surface area (Å²) in [4.78, 5) is 11.1. The average molecular weight is 189 g/mol. The van der Waals surface area contributed by atoms with Crippen LogP contribution in [0.5, 0.6) is 0 Å². The second kappa shape index (κ2) is 3.68. The van der Waals surface area contributed by atoms with Crippen LogP contribution in [0.3, 0.4) is 0 Å². The summed E-state index contributed by atoms with van der Waals surface area (Å²) in [5.74, 6) is -0.968. The quantitative estimate of drug-likeness (QED) is 0.633. The van der Waals surface area contributed by atoms with Gasteiger partial charge in [0.2, 0.25) is 5.25 Å². The van der Waals surface area contributed by atoms with Crippen LogP contribution in [0.2, 0.25) is 0 Å². The smallest absolute Gasteiger partial charge is 0.205 e. The van der Waals surface area contributed by atoms with E-state index in [-0.39, 0.29) is 0 Å². The Bertz CT molecular complexity index is 310. The van der Waals surface area contributed by atoms with E-state index in [4.69, 9.17) is 5.26 Å². The molecule has 0 aromatic heterocycles. The Labute approximate surface area is 72.1 Å². The molecule has 0 aliphatic heterocycles. The van der Waals surface area contributed by atoms with E-state index in [1.165, 1.54) is 6.07 Å². The molecule has 5 heteroatoms. The number of carbonyl (C=O) groups excluding carboxylic acids is 1. The van der Waals surface area contributed by atoms with Gasteiger partial charge in [0, 0.05) is 12.2 Å². The van der Waals surface area contributed by atoms with Gasteiger partial charge < -0.3 is 0 Å². The maximum atomic E-state index is 11.1. The van der Waals surface area contributed by atoms with Crippen molar-refractivity contribution < 1.29 is 13.2 Å². The Morgan fingerprint density at radius 2 is 1.83 bits per heavy atom. The van der Waals surface area contributed by atoms with Crippen LogP contribution in [-0.4, -0.2) is 25.7 Å². The van der Waals surface area contributed by atoms with Crippen molar-refractivity contribution in [2.24, 2.45) is 5.92 Å². The molecule has 0 aromatic carbocycles.